The van der Waals surface area contributed by atoms with Crippen LogP contribution in [0, 0.1) is 0 Å². The smallest absolute Gasteiger partial charge is 0.0693 e. The lowest BCUT2D eigenvalue weighted by Gasteiger charge is -2.37. The molecule has 0 spiro atoms. The van der Waals surface area contributed by atoms with Crippen molar-refractivity contribution >= 4 is 0 Å². The van der Waals surface area contributed by atoms with Gasteiger partial charge in [-0.1, -0.05) is 0 Å². The molecule has 2 N–H and O–H groups in total. The van der Waals surface area contributed by atoms with E-state index in [0.717, 1.165) is 25.7 Å². The van der Waals surface area contributed by atoms with E-state index in [9.17, 15) is 5.11 Å². The summed E-state index contributed by atoms with van der Waals surface area (Å²) in [5.41, 5.74) is 0. The molecule has 0 saturated heterocycles. The molecule has 0 aromatic carbocycles. The lowest BCUT2D eigenvalue weighted by Crippen LogP contribution is -2.51. The van der Waals surface area contributed by atoms with Gasteiger partial charge in [-0.15, -0.1) is 0 Å². The first-order valence-electron chi connectivity index (χ1n) is 5.26. The Labute approximate surface area is 79.5 Å². The van der Waals surface area contributed by atoms with Crippen LogP contribution in [0.5, 0.6) is 0 Å². The zero-order valence-corrected chi connectivity index (χ0v) is 8.20. The Morgan fingerprint density at radius 3 is 2.62 bits per heavy atom. The molecule has 0 radical (unpaired) electrons. The maximum Gasteiger partial charge on any atom is 0.0693 e. The van der Waals surface area contributed by atoms with Crippen molar-refractivity contribution in [3.63, 3.8) is 0 Å². The van der Waals surface area contributed by atoms with Crippen molar-refractivity contribution in [1.29, 1.82) is 0 Å². The van der Waals surface area contributed by atoms with E-state index in [-0.39, 0.29) is 6.10 Å². The summed E-state index contributed by atoms with van der Waals surface area (Å²) in [4.78, 5) is 0. The molecule has 76 valence electrons. The van der Waals surface area contributed by atoms with Gasteiger partial charge in [-0.05, 0) is 32.1 Å². The Morgan fingerprint density at radius 2 is 2.08 bits per heavy atom. The van der Waals surface area contributed by atoms with Gasteiger partial charge in [-0.3, -0.25) is 0 Å². The Kier molecular flexibility index (Phi) is 2.86. The lowest BCUT2D eigenvalue weighted by atomic mass is 9.88. The second kappa shape index (κ2) is 3.95. The Balaban J connectivity index is 1.68. The Hall–Kier alpha value is -0.120. The molecule has 0 aliphatic heterocycles. The van der Waals surface area contributed by atoms with Crippen molar-refractivity contribution in [3.05, 3.63) is 0 Å². The van der Waals surface area contributed by atoms with Gasteiger partial charge in [0.15, 0.2) is 0 Å². The summed E-state index contributed by atoms with van der Waals surface area (Å²) in [6.07, 6.45) is 5.84. The number of aliphatic hydroxyl groups excluding tert-OH is 1. The number of methoxy groups -OCH3 is 1. The van der Waals surface area contributed by atoms with E-state index in [0.29, 0.717) is 18.2 Å². The third-order valence-corrected chi connectivity index (χ3v) is 3.36. The summed E-state index contributed by atoms with van der Waals surface area (Å²) in [7, 11) is 1.77. The van der Waals surface area contributed by atoms with Crippen molar-refractivity contribution in [2.75, 3.05) is 7.11 Å². The molecule has 2 fully saturated rings. The molecular weight excluding hydrogens is 166 g/mol. The summed E-state index contributed by atoms with van der Waals surface area (Å²) in [5, 5.41) is 13.1. The maximum absolute atomic E-state index is 9.59. The van der Waals surface area contributed by atoms with Crippen molar-refractivity contribution in [2.45, 2.75) is 56.4 Å². The van der Waals surface area contributed by atoms with Gasteiger partial charge < -0.3 is 15.2 Å². The summed E-state index contributed by atoms with van der Waals surface area (Å²) < 4.78 is 5.21. The van der Waals surface area contributed by atoms with E-state index in [1.54, 1.807) is 7.11 Å². The predicted octanol–water partition coefficient (Wildman–Crippen LogP) is 0.667. The van der Waals surface area contributed by atoms with Crippen LogP contribution in [0.25, 0.3) is 0 Å². The van der Waals surface area contributed by atoms with Gasteiger partial charge in [0.1, 0.15) is 0 Å². The van der Waals surface area contributed by atoms with Crippen LogP contribution in [0.3, 0.4) is 0 Å². The number of hydrogen-bond donors (Lipinski definition) is 2. The fourth-order valence-corrected chi connectivity index (χ4v) is 2.33. The molecule has 2 rings (SSSR count). The van der Waals surface area contributed by atoms with Gasteiger partial charge in [0.2, 0.25) is 0 Å². The second-order valence-electron chi connectivity index (χ2n) is 4.30. The Bertz CT molecular complexity index is 168. The molecule has 0 heterocycles. The van der Waals surface area contributed by atoms with Crippen LogP contribution in [0.15, 0.2) is 0 Å². The first-order valence-corrected chi connectivity index (χ1v) is 5.26. The quantitative estimate of drug-likeness (QED) is 0.679. The van der Waals surface area contributed by atoms with Crippen LogP contribution >= 0.6 is 0 Å². The van der Waals surface area contributed by atoms with Gasteiger partial charge in [0.25, 0.3) is 0 Å². The first-order chi connectivity index (χ1) is 6.29. The molecule has 2 aliphatic rings. The molecule has 3 nitrogen and oxygen atoms in total. The number of ether oxygens (including phenoxy) is 1. The van der Waals surface area contributed by atoms with Crippen LogP contribution in [0.4, 0.5) is 0 Å². The van der Waals surface area contributed by atoms with E-state index >= 15 is 0 Å². The normalized spacial score (nSPS) is 44.8. The van der Waals surface area contributed by atoms with Crippen LogP contribution < -0.4 is 5.32 Å². The molecule has 2 atom stereocenters. The van der Waals surface area contributed by atoms with E-state index in [2.05, 4.69) is 5.32 Å². The third-order valence-electron chi connectivity index (χ3n) is 3.36. The van der Waals surface area contributed by atoms with E-state index in [4.69, 9.17) is 4.74 Å². The average molecular weight is 185 g/mol. The maximum atomic E-state index is 9.59. The summed E-state index contributed by atoms with van der Waals surface area (Å²) in [5.74, 6) is 0. The zero-order chi connectivity index (χ0) is 9.26. The highest BCUT2D eigenvalue weighted by atomic mass is 16.5. The fourth-order valence-electron chi connectivity index (χ4n) is 2.33. The van der Waals surface area contributed by atoms with Gasteiger partial charge in [-0.25, -0.2) is 0 Å². The van der Waals surface area contributed by atoms with Crippen molar-refractivity contribution < 1.29 is 9.84 Å². The second-order valence-corrected chi connectivity index (χ2v) is 4.30. The monoisotopic (exact) mass is 185 g/mol. The molecule has 2 saturated carbocycles. The number of hydrogen-bond acceptors (Lipinski definition) is 3. The lowest BCUT2D eigenvalue weighted by molar-refractivity contribution is 0.00860. The van der Waals surface area contributed by atoms with Crippen molar-refractivity contribution in [3.8, 4) is 0 Å². The number of rotatable bonds is 3. The third kappa shape index (κ3) is 2.03. The van der Waals surface area contributed by atoms with E-state index < -0.39 is 0 Å². The van der Waals surface area contributed by atoms with Crippen LogP contribution in [0.1, 0.15) is 32.1 Å². The molecule has 3 heteroatoms. The minimum atomic E-state index is -0.110. The molecular formula is C10H19NO2. The van der Waals surface area contributed by atoms with E-state index in [1.165, 1.54) is 6.42 Å². The Morgan fingerprint density at radius 1 is 1.31 bits per heavy atom. The molecule has 0 aromatic rings. The molecule has 0 unspecified atom stereocenters. The van der Waals surface area contributed by atoms with Crippen LogP contribution in [-0.2, 0) is 4.74 Å². The minimum absolute atomic E-state index is 0.110. The highest BCUT2D eigenvalue weighted by Gasteiger charge is 2.33. The highest BCUT2D eigenvalue weighted by molar-refractivity contribution is 4.92. The molecule has 13 heavy (non-hydrogen) atoms. The number of nitrogens with one attached hydrogen (secondary N) is 1. The molecule has 0 bridgehead atoms. The summed E-state index contributed by atoms with van der Waals surface area (Å²) >= 11 is 0. The van der Waals surface area contributed by atoms with E-state index in [1.807, 2.05) is 0 Å². The van der Waals surface area contributed by atoms with Gasteiger partial charge in [0, 0.05) is 19.2 Å². The molecule has 2 aliphatic carbocycles. The first kappa shape index (κ1) is 9.44. The van der Waals surface area contributed by atoms with Crippen LogP contribution in [0.2, 0.25) is 0 Å². The minimum Gasteiger partial charge on any atom is -0.392 e. The van der Waals surface area contributed by atoms with Crippen molar-refractivity contribution in [2.24, 2.45) is 0 Å². The SMILES string of the molecule is COC1CC(N[C@@H]2CCC[C@H]2O)C1. The van der Waals surface area contributed by atoms with Crippen molar-refractivity contribution in [1.82, 2.24) is 5.32 Å². The van der Waals surface area contributed by atoms with Gasteiger partial charge in [-0.2, -0.15) is 0 Å². The molecule has 0 amide bonds. The highest BCUT2D eigenvalue weighted by Crippen LogP contribution is 2.26. The largest absolute Gasteiger partial charge is 0.392 e. The standard InChI is InChI=1S/C10H19NO2/c1-13-8-5-7(6-8)11-9-3-2-4-10(9)12/h7-12H,2-6H2,1H3/t7?,8?,9-,10-/m1/s1. The predicted molar refractivity (Wildman–Crippen MR) is 50.6 cm³/mol. The molecule has 0 aromatic heterocycles. The van der Waals surface area contributed by atoms with Crippen LogP contribution in [-0.4, -0.2) is 36.5 Å². The fraction of sp³-hybridized carbons (Fsp3) is 1.00. The summed E-state index contributed by atoms with van der Waals surface area (Å²) in [6.45, 7) is 0. The average Bonchev–Trinajstić information content (AvgIpc) is 2.43. The van der Waals surface area contributed by atoms with Gasteiger partial charge >= 0.3 is 0 Å². The number of aliphatic hydroxyl groups is 1. The van der Waals surface area contributed by atoms with Gasteiger partial charge in [0.05, 0.1) is 12.2 Å². The zero-order valence-electron chi connectivity index (χ0n) is 8.20. The summed E-state index contributed by atoms with van der Waals surface area (Å²) in [6, 6.07) is 0.936. The topological polar surface area (TPSA) is 41.5 Å².